The predicted molar refractivity (Wildman–Crippen MR) is 113 cm³/mol. The molecule has 0 unspecified atom stereocenters. The van der Waals surface area contributed by atoms with Gasteiger partial charge >= 0.3 is 0 Å². The van der Waals surface area contributed by atoms with E-state index in [9.17, 15) is 9.59 Å². The third-order valence-corrected chi connectivity index (χ3v) is 4.67. The first-order valence-electron chi connectivity index (χ1n) is 9.76. The van der Waals surface area contributed by atoms with Gasteiger partial charge in [0.15, 0.2) is 12.4 Å². The number of rotatable bonds is 7. The fourth-order valence-electron chi connectivity index (χ4n) is 3.20. The molecule has 0 bridgehead atoms. The predicted octanol–water partition coefficient (Wildman–Crippen LogP) is 3.54. The molecule has 154 valence electrons. The van der Waals surface area contributed by atoms with Crippen LogP contribution in [0, 0.1) is 0 Å². The van der Waals surface area contributed by atoms with E-state index >= 15 is 0 Å². The SMILES string of the molecule is O=C(COc1cccc(NC(=O)c2ccco2)c1)Nc1ccc(N2CCCC2)nc1. The van der Waals surface area contributed by atoms with Crippen LogP contribution in [0.5, 0.6) is 5.75 Å². The largest absolute Gasteiger partial charge is 0.484 e. The molecule has 3 aromatic rings. The average molecular weight is 406 g/mol. The minimum atomic E-state index is -0.361. The van der Waals surface area contributed by atoms with Crippen molar-refractivity contribution in [2.24, 2.45) is 0 Å². The Balaban J connectivity index is 1.28. The first kappa shape index (κ1) is 19.5. The molecule has 1 aromatic carbocycles. The Bertz CT molecular complexity index is 996. The summed E-state index contributed by atoms with van der Waals surface area (Å²) in [5, 5.41) is 5.48. The Hall–Kier alpha value is -3.81. The highest BCUT2D eigenvalue weighted by atomic mass is 16.5. The molecule has 2 aromatic heterocycles. The standard InChI is InChI=1S/C22H22N4O4/c27-21(24-17-8-9-20(23-14-17)26-10-1-2-11-26)15-30-18-6-3-5-16(13-18)25-22(28)19-7-4-12-29-19/h3-9,12-14H,1-2,10-11,15H2,(H,24,27)(H,25,28). The highest BCUT2D eigenvalue weighted by molar-refractivity contribution is 6.02. The molecule has 2 amide bonds. The molecule has 0 aliphatic carbocycles. The molecule has 4 rings (SSSR count). The summed E-state index contributed by atoms with van der Waals surface area (Å²) in [4.78, 5) is 30.9. The van der Waals surface area contributed by atoms with Crippen LogP contribution in [-0.2, 0) is 4.79 Å². The second-order valence-corrected chi connectivity index (χ2v) is 6.90. The Morgan fingerprint density at radius 2 is 1.90 bits per heavy atom. The molecule has 0 radical (unpaired) electrons. The van der Waals surface area contributed by atoms with Gasteiger partial charge in [0.1, 0.15) is 11.6 Å². The number of carbonyl (C=O) groups excluding carboxylic acids is 2. The van der Waals surface area contributed by atoms with Gasteiger partial charge in [-0.1, -0.05) is 6.07 Å². The molecular weight excluding hydrogens is 384 g/mol. The molecule has 1 aliphatic rings. The number of nitrogens with one attached hydrogen (secondary N) is 2. The molecule has 1 aliphatic heterocycles. The van der Waals surface area contributed by atoms with E-state index < -0.39 is 0 Å². The van der Waals surface area contributed by atoms with Crippen LogP contribution >= 0.6 is 0 Å². The molecule has 1 saturated heterocycles. The first-order chi connectivity index (χ1) is 14.7. The van der Waals surface area contributed by atoms with E-state index in [0.29, 0.717) is 17.1 Å². The lowest BCUT2D eigenvalue weighted by Gasteiger charge is -2.16. The van der Waals surface area contributed by atoms with Crippen LogP contribution in [0.4, 0.5) is 17.2 Å². The number of hydrogen-bond acceptors (Lipinski definition) is 6. The van der Waals surface area contributed by atoms with E-state index in [-0.39, 0.29) is 24.2 Å². The number of nitrogens with zero attached hydrogens (tertiary/aromatic N) is 2. The van der Waals surface area contributed by atoms with Crippen molar-refractivity contribution in [2.75, 3.05) is 35.2 Å². The monoisotopic (exact) mass is 406 g/mol. The van der Waals surface area contributed by atoms with E-state index in [2.05, 4.69) is 20.5 Å². The summed E-state index contributed by atoms with van der Waals surface area (Å²) in [6.07, 6.45) is 5.45. The molecule has 8 heteroatoms. The van der Waals surface area contributed by atoms with Gasteiger partial charge in [0, 0.05) is 24.8 Å². The summed E-state index contributed by atoms with van der Waals surface area (Å²) in [6, 6.07) is 13.8. The van der Waals surface area contributed by atoms with Crippen molar-refractivity contribution in [3.8, 4) is 5.75 Å². The maximum absolute atomic E-state index is 12.2. The fraction of sp³-hybridized carbons (Fsp3) is 0.227. The quantitative estimate of drug-likeness (QED) is 0.623. The van der Waals surface area contributed by atoms with E-state index in [0.717, 1.165) is 18.9 Å². The molecule has 0 atom stereocenters. The van der Waals surface area contributed by atoms with Crippen LogP contribution in [-0.4, -0.2) is 36.5 Å². The summed E-state index contributed by atoms with van der Waals surface area (Å²) in [5.41, 5.74) is 1.15. The van der Waals surface area contributed by atoms with Crippen LogP contribution in [0.1, 0.15) is 23.4 Å². The van der Waals surface area contributed by atoms with Crippen molar-refractivity contribution < 1.29 is 18.7 Å². The van der Waals surface area contributed by atoms with Crippen LogP contribution < -0.4 is 20.3 Å². The van der Waals surface area contributed by atoms with Crippen molar-refractivity contribution in [1.82, 2.24) is 4.98 Å². The first-order valence-corrected chi connectivity index (χ1v) is 9.76. The number of benzene rings is 1. The van der Waals surface area contributed by atoms with Gasteiger partial charge in [-0.05, 0) is 49.2 Å². The normalized spacial score (nSPS) is 13.1. The minimum absolute atomic E-state index is 0.163. The van der Waals surface area contributed by atoms with Crippen molar-refractivity contribution in [1.29, 1.82) is 0 Å². The van der Waals surface area contributed by atoms with E-state index in [1.54, 1.807) is 42.6 Å². The summed E-state index contributed by atoms with van der Waals surface area (Å²) in [7, 11) is 0. The number of carbonyl (C=O) groups is 2. The number of ether oxygens (including phenoxy) is 1. The molecule has 1 fully saturated rings. The molecule has 30 heavy (non-hydrogen) atoms. The Morgan fingerprint density at radius 1 is 1.03 bits per heavy atom. The fourth-order valence-corrected chi connectivity index (χ4v) is 3.20. The molecule has 0 saturated carbocycles. The highest BCUT2D eigenvalue weighted by Gasteiger charge is 2.13. The third kappa shape index (κ3) is 4.96. The zero-order chi connectivity index (χ0) is 20.8. The second kappa shape index (κ2) is 9.13. The Labute approximate surface area is 173 Å². The number of hydrogen-bond donors (Lipinski definition) is 2. The lowest BCUT2D eigenvalue weighted by molar-refractivity contribution is -0.118. The highest BCUT2D eigenvalue weighted by Crippen LogP contribution is 2.20. The second-order valence-electron chi connectivity index (χ2n) is 6.90. The number of aromatic nitrogens is 1. The summed E-state index contributed by atoms with van der Waals surface area (Å²) < 4.78 is 10.6. The smallest absolute Gasteiger partial charge is 0.291 e. The van der Waals surface area contributed by atoms with E-state index in [1.807, 2.05) is 12.1 Å². The van der Waals surface area contributed by atoms with Crippen LogP contribution in [0.15, 0.2) is 65.4 Å². The van der Waals surface area contributed by atoms with E-state index in [4.69, 9.17) is 9.15 Å². The van der Waals surface area contributed by atoms with E-state index in [1.165, 1.54) is 19.1 Å². The maximum atomic E-state index is 12.2. The van der Waals surface area contributed by atoms with Crippen LogP contribution in [0.25, 0.3) is 0 Å². The maximum Gasteiger partial charge on any atom is 0.291 e. The Morgan fingerprint density at radius 3 is 2.63 bits per heavy atom. The number of furan rings is 1. The van der Waals surface area contributed by atoms with Gasteiger partial charge in [-0.25, -0.2) is 4.98 Å². The number of amides is 2. The summed E-state index contributed by atoms with van der Waals surface area (Å²) in [6.45, 7) is 1.88. The van der Waals surface area contributed by atoms with Gasteiger partial charge < -0.3 is 24.7 Å². The minimum Gasteiger partial charge on any atom is -0.484 e. The molecular formula is C22H22N4O4. The number of anilines is 3. The number of pyridine rings is 1. The molecule has 0 spiro atoms. The van der Waals surface area contributed by atoms with Gasteiger partial charge in [0.25, 0.3) is 11.8 Å². The molecule has 8 nitrogen and oxygen atoms in total. The average Bonchev–Trinajstić information content (AvgIpc) is 3.47. The summed E-state index contributed by atoms with van der Waals surface area (Å²) >= 11 is 0. The van der Waals surface area contributed by atoms with Gasteiger partial charge in [-0.3, -0.25) is 9.59 Å². The van der Waals surface area contributed by atoms with Crippen molar-refractivity contribution in [2.45, 2.75) is 12.8 Å². The lowest BCUT2D eigenvalue weighted by atomic mass is 10.3. The van der Waals surface area contributed by atoms with Crippen LogP contribution in [0.2, 0.25) is 0 Å². The van der Waals surface area contributed by atoms with Crippen LogP contribution in [0.3, 0.4) is 0 Å². The van der Waals surface area contributed by atoms with Crippen molar-refractivity contribution in [3.63, 3.8) is 0 Å². The Kier molecular flexibility index (Phi) is 5.93. The molecule has 3 heterocycles. The molecule has 2 N–H and O–H groups in total. The van der Waals surface area contributed by atoms with Gasteiger partial charge in [0.2, 0.25) is 0 Å². The van der Waals surface area contributed by atoms with Crippen molar-refractivity contribution >= 4 is 29.0 Å². The van der Waals surface area contributed by atoms with Crippen molar-refractivity contribution in [3.05, 3.63) is 66.8 Å². The van der Waals surface area contributed by atoms with Gasteiger partial charge in [-0.2, -0.15) is 0 Å². The summed E-state index contributed by atoms with van der Waals surface area (Å²) in [5.74, 6) is 0.945. The zero-order valence-electron chi connectivity index (χ0n) is 16.3. The van der Waals surface area contributed by atoms with Gasteiger partial charge in [-0.15, -0.1) is 0 Å². The topological polar surface area (TPSA) is 96.7 Å². The zero-order valence-corrected chi connectivity index (χ0v) is 16.3. The third-order valence-electron chi connectivity index (χ3n) is 4.67. The lowest BCUT2D eigenvalue weighted by Crippen LogP contribution is -2.21. The van der Waals surface area contributed by atoms with Gasteiger partial charge in [0.05, 0.1) is 18.1 Å².